The van der Waals surface area contributed by atoms with E-state index in [1.165, 1.54) is 12.5 Å². The molecule has 346 valence electrons. The topological polar surface area (TPSA) is 186 Å². The number of piperidine rings is 3. The van der Waals surface area contributed by atoms with E-state index in [4.69, 9.17) is 9.97 Å². The van der Waals surface area contributed by atoms with E-state index in [0.717, 1.165) is 108 Å². The third kappa shape index (κ3) is 8.53. The van der Waals surface area contributed by atoms with Gasteiger partial charge >= 0.3 is 6.03 Å². The van der Waals surface area contributed by atoms with Crippen molar-refractivity contribution in [2.24, 2.45) is 5.92 Å². The number of pyridine rings is 2. The van der Waals surface area contributed by atoms with E-state index in [1.807, 2.05) is 34.2 Å². The minimum atomic E-state index is -0.621. The van der Waals surface area contributed by atoms with Gasteiger partial charge in [0.25, 0.3) is 11.5 Å². The number of urea groups is 1. The number of ketones is 1. The summed E-state index contributed by atoms with van der Waals surface area (Å²) in [6.45, 7) is 11.3. The Balaban J connectivity index is 0.667. The number of nitrogens with one attached hydrogen (secondary N) is 2. The van der Waals surface area contributed by atoms with Crippen LogP contribution in [0.5, 0.6) is 0 Å². The summed E-state index contributed by atoms with van der Waals surface area (Å²) >= 11 is 0. The van der Waals surface area contributed by atoms with Gasteiger partial charge in [0.2, 0.25) is 17.8 Å². The molecule has 5 amide bonds. The number of Topliss-reactive ketones (excluding diaryl/α,β-unsaturated/α-hetero) is 1. The van der Waals surface area contributed by atoms with Gasteiger partial charge in [0.15, 0.2) is 5.78 Å². The number of hydrogen-bond donors (Lipinski definition) is 2. The van der Waals surface area contributed by atoms with E-state index in [1.54, 1.807) is 22.6 Å². The standard InChI is InChI=1S/C49H59N11O6/c1-30-39-27-51-48(54-44(39)60(36-5-3-4-6-36)47(65)43(30)31(2)61)52-41-11-8-37(26-50-41)56-23-21-55(22-24-56)28-32-13-17-57(18-14-32)49(66)58-19-15-33(16-20-58)34-7-9-38-35(25-34)29-59(46(38)64)40-10-12-42(62)53-45(40)63/h7-9,11,25-27,32-33,36,40H,3-6,10,12-24,28-29H2,1-2H3,(H,53,62,63)(H,50,51,52,54). The third-order valence-electron chi connectivity index (χ3n) is 15.2. The number of imide groups is 1. The minimum Gasteiger partial charge on any atom is -0.368 e. The quantitative estimate of drug-likeness (QED) is 0.167. The van der Waals surface area contributed by atoms with Gasteiger partial charge in [-0.15, -0.1) is 0 Å². The molecule has 1 aromatic carbocycles. The summed E-state index contributed by atoms with van der Waals surface area (Å²) in [6, 6.07) is 9.54. The van der Waals surface area contributed by atoms with E-state index >= 15 is 0 Å². The lowest BCUT2D eigenvalue weighted by molar-refractivity contribution is -0.136. The second-order valence-electron chi connectivity index (χ2n) is 19.2. The van der Waals surface area contributed by atoms with E-state index in [0.29, 0.717) is 71.8 Å². The normalized spacial score (nSPS) is 21.5. The van der Waals surface area contributed by atoms with Crippen molar-refractivity contribution in [2.75, 3.05) is 69.1 Å². The molecule has 5 aliphatic heterocycles. The number of hydrogen-bond acceptors (Lipinski definition) is 12. The summed E-state index contributed by atoms with van der Waals surface area (Å²) < 4.78 is 1.72. The van der Waals surface area contributed by atoms with E-state index in [2.05, 4.69) is 37.6 Å². The molecule has 4 saturated heterocycles. The van der Waals surface area contributed by atoms with E-state index in [9.17, 15) is 28.8 Å². The summed E-state index contributed by atoms with van der Waals surface area (Å²) in [4.78, 5) is 102. The van der Waals surface area contributed by atoms with Gasteiger partial charge < -0.3 is 24.9 Å². The molecule has 1 atom stereocenters. The molecular weight excluding hydrogens is 839 g/mol. The molecule has 3 aromatic heterocycles. The van der Waals surface area contributed by atoms with Gasteiger partial charge in [-0.3, -0.25) is 38.8 Å². The highest BCUT2D eigenvalue weighted by Crippen LogP contribution is 2.35. The average molecular weight is 898 g/mol. The molecule has 5 fully saturated rings. The number of carbonyl (C=O) groups is 5. The van der Waals surface area contributed by atoms with Gasteiger partial charge in [-0.2, -0.15) is 4.98 Å². The van der Waals surface area contributed by atoms with Gasteiger partial charge in [0, 0.05) is 95.1 Å². The van der Waals surface area contributed by atoms with Crippen LogP contribution < -0.4 is 21.1 Å². The Labute approximate surface area is 383 Å². The maximum atomic E-state index is 13.7. The molecule has 0 radical (unpaired) electrons. The largest absolute Gasteiger partial charge is 0.368 e. The van der Waals surface area contributed by atoms with Crippen molar-refractivity contribution in [1.29, 1.82) is 0 Å². The number of anilines is 3. The van der Waals surface area contributed by atoms with Gasteiger partial charge in [0.05, 0.1) is 17.4 Å². The maximum absolute atomic E-state index is 13.7. The van der Waals surface area contributed by atoms with Crippen LogP contribution >= 0.6 is 0 Å². The fraction of sp³-hybridized carbons (Fsp3) is 0.531. The SMILES string of the molecule is CC(=O)c1c(C)c2cnc(Nc3ccc(N4CCN(CC5CCN(C(=O)N6CCC(c7ccc8c(c7)CN(C7CCC(=O)NC7=O)C8=O)CC6)CC5)CC4)cn3)nc2n(C2CCCC2)c1=O. The molecule has 6 aliphatic rings. The predicted molar refractivity (Wildman–Crippen MR) is 248 cm³/mol. The van der Waals surface area contributed by atoms with Crippen LogP contribution in [0.15, 0.2) is 47.5 Å². The first-order valence-electron chi connectivity index (χ1n) is 23.9. The molecule has 4 aromatic rings. The molecule has 0 bridgehead atoms. The molecule has 0 spiro atoms. The Morgan fingerprint density at radius 1 is 0.818 bits per heavy atom. The highest BCUT2D eigenvalue weighted by molar-refractivity contribution is 6.05. The van der Waals surface area contributed by atoms with Crippen LogP contribution in [0.1, 0.15) is 120 Å². The van der Waals surface area contributed by atoms with Crippen molar-refractivity contribution in [3.8, 4) is 0 Å². The smallest absolute Gasteiger partial charge is 0.319 e. The van der Waals surface area contributed by atoms with E-state index in [-0.39, 0.29) is 47.2 Å². The zero-order valence-electron chi connectivity index (χ0n) is 38.0. The highest BCUT2D eigenvalue weighted by atomic mass is 16.2. The van der Waals surface area contributed by atoms with Gasteiger partial charge in [-0.05, 0) is 106 Å². The van der Waals surface area contributed by atoms with Crippen LogP contribution in [0, 0.1) is 12.8 Å². The Morgan fingerprint density at radius 3 is 2.23 bits per heavy atom. The first-order valence-corrected chi connectivity index (χ1v) is 23.9. The van der Waals surface area contributed by atoms with Crippen molar-refractivity contribution in [3.05, 3.63) is 80.9 Å². The summed E-state index contributed by atoms with van der Waals surface area (Å²) in [5.41, 5.74) is 4.89. The number of benzene rings is 1. The van der Waals surface area contributed by atoms with Gasteiger partial charge in [0.1, 0.15) is 17.5 Å². The first-order chi connectivity index (χ1) is 32.0. The third-order valence-corrected chi connectivity index (χ3v) is 15.2. The molecule has 2 N–H and O–H groups in total. The molecule has 10 rings (SSSR count). The minimum absolute atomic E-state index is 0.0103. The number of aromatic nitrogens is 4. The second kappa shape index (κ2) is 18.2. The number of nitrogens with zero attached hydrogens (tertiary/aromatic N) is 9. The van der Waals surface area contributed by atoms with Crippen molar-refractivity contribution >= 4 is 58.0 Å². The summed E-state index contributed by atoms with van der Waals surface area (Å²) in [5.74, 6) is 0.729. The van der Waals surface area contributed by atoms with Crippen molar-refractivity contribution < 1.29 is 24.0 Å². The Morgan fingerprint density at radius 2 is 1.55 bits per heavy atom. The van der Waals surface area contributed by atoms with Crippen LogP contribution in [0.4, 0.5) is 22.2 Å². The zero-order chi connectivity index (χ0) is 45.6. The number of amides is 5. The predicted octanol–water partition coefficient (Wildman–Crippen LogP) is 5.15. The fourth-order valence-corrected chi connectivity index (χ4v) is 11.4. The molecule has 1 saturated carbocycles. The number of carbonyl (C=O) groups excluding carboxylic acids is 5. The lowest BCUT2D eigenvalue weighted by Gasteiger charge is -2.41. The summed E-state index contributed by atoms with van der Waals surface area (Å²) in [7, 11) is 0. The maximum Gasteiger partial charge on any atom is 0.319 e. The van der Waals surface area contributed by atoms with Crippen molar-refractivity contribution in [2.45, 2.75) is 103 Å². The first kappa shape index (κ1) is 43.7. The summed E-state index contributed by atoms with van der Waals surface area (Å²) in [5, 5.41) is 6.31. The lowest BCUT2D eigenvalue weighted by atomic mass is 9.88. The number of likely N-dealkylation sites (tertiary alicyclic amines) is 2. The number of fused-ring (bicyclic) bond motifs is 2. The molecular formula is C49H59N11O6. The molecule has 17 nitrogen and oxygen atoms in total. The fourth-order valence-electron chi connectivity index (χ4n) is 11.4. The molecule has 66 heavy (non-hydrogen) atoms. The van der Waals surface area contributed by atoms with Crippen LogP contribution in [-0.4, -0.2) is 134 Å². The van der Waals surface area contributed by atoms with Crippen LogP contribution in [0.2, 0.25) is 0 Å². The molecule has 17 heteroatoms. The van der Waals surface area contributed by atoms with Crippen molar-refractivity contribution in [3.63, 3.8) is 0 Å². The Kier molecular flexibility index (Phi) is 12.0. The zero-order valence-corrected chi connectivity index (χ0v) is 38.0. The van der Waals surface area contributed by atoms with E-state index < -0.39 is 11.9 Å². The number of rotatable bonds is 9. The average Bonchev–Trinajstić information content (AvgIpc) is 3.97. The van der Waals surface area contributed by atoms with Crippen LogP contribution in [0.3, 0.4) is 0 Å². The Hall–Kier alpha value is -6.23. The number of aryl methyl sites for hydroxylation is 1. The molecule has 1 unspecified atom stereocenters. The molecule has 1 aliphatic carbocycles. The summed E-state index contributed by atoms with van der Waals surface area (Å²) in [6.07, 6.45) is 11.8. The van der Waals surface area contributed by atoms with Gasteiger partial charge in [-0.25, -0.2) is 14.8 Å². The monoisotopic (exact) mass is 897 g/mol. The van der Waals surface area contributed by atoms with Crippen molar-refractivity contribution in [1.82, 2.24) is 44.4 Å². The Bertz CT molecular complexity index is 2620. The van der Waals surface area contributed by atoms with Gasteiger partial charge in [-0.1, -0.05) is 25.0 Å². The highest BCUT2D eigenvalue weighted by Gasteiger charge is 2.40. The lowest BCUT2D eigenvalue weighted by Crippen LogP contribution is -2.52. The number of piperazine rings is 1. The second-order valence-corrected chi connectivity index (χ2v) is 19.2. The molecule has 8 heterocycles. The van der Waals surface area contributed by atoms with Crippen LogP contribution in [0.25, 0.3) is 11.0 Å². The van der Waals surface area contributed by atoms with Crippen LogP contribution in [-0.2, 0) is 16.1 Å².